The van der Waals surface area contributed by atoms with Gasteiger partial charge in [0.25, 0.3) is 0 Å². The molecule has 0 radical (unpaired) electrons. The molecule has 98 valence electrons. The summed E-state index contributed by atoms with van der Waals surface area (Å²) in [5, 5.41) is 18.3. The van der Waals surface area contributed by atoms with Crippen molar-refractivity contribution < 1.29 is 29.3 Å². The summed E-state index contributed by atoms with van der Waals surface area (Å²) in [6.07, 6.45) is -3.51. The largest absolute Gasteiger partial charge is 0.479 e. The Kier molecular flexibility index (Phi) is 5.29. The lowest BCUT2D eigenvalue weighted by Crippen LogP contribution is -2.42. The molecule has 0 aromatic heterocycles. The quantitative estimate of drug-likeness (QED) is 0.704. The molecule has 0 aliphatic carbocycles. The number of aliphatic hydroxyl groups excluding tert-OH is 1. The molecule has 0 bridgehead atoms. The fourth-order valence-electron chi connectivity index (χ4n) is 1.30. The van der Waals surface area contributed by atoms with Crippen LogP contribution in [0.2, 0.25) is 0 Å². The van der Waals surface area contributed by atoms with Gasteiger partial charge in [-0.25, -0.2) is 9.59 Å². The third-order valence-electron chi connectivity index (χ3n) is 2.25. The summed E-state index contributed by atoms with van der Waals surface area (Å²) in [6.45, 7) is -0.0220. The van der Waals surface area contributed by atoms with E-state index in [9.17, 15) is 14.7 Å². The first kappa shape index (κ1) is 14.1. The van der Waals surface area contributed by atoms with Crippen molar-refractivity contribution in [2.45, 2.75) is 18.8 Å². The van der Waals surface area contributed by atoms with Crippen molar-refractivity contribution in [3.63, 3.8) is 0 Å². The number of ether oxygens (including phenoxy) is 2. The lowest BCUT2D eigenvalue weighted by molar-refractivity contribution is -0.174. The second-order valence-electron chi connectivity index (χ2n) is 3.52. The minimum absolute atomic E-state index is 0.0220. The van der Waals surface area contributed by atoms with Crippen molar-refractivity contribution in [1.29, 1.82) is 0 Å². The molecule has 1 aromatic rings. The normalized spacial score (nSPS) is 13.7. The zero-order chi connectivity index (χ0) is 13.5. The SMILES string of the molecule is COC(=O)[C@H](O)[C@@H](OCc1ccccc1)C(=O)O. The molecule has 0 fully saturated rings. The smallest absolute Gasteiger partial charge is 0.338 e. The van der Waals surface area contributed by atoms with Gasteiger partial charge in [-0.1, -0.05) is 30.3 Å². The number of carboxylic acids is 1. The number of hydrogen-bond acceptors (Lipinski definition) is 5. The second-order valence-corrected chi connectivity index (χ2v) is 3.52. The molecule has 0 saturated heterocycles. The van der Waals surface area contributed by atoms with Crippen LogP contribution in [-0.2, 0) is 25.7 Å². The van der Waals surface area contributed by atoms with Gasteiger partial charge in [-0.05, 0) is 5.56 Å². The maximum Gasteiger partial charge on any atom is 0.338 e. The third kappa shape index (κ3) is 3.83. The van der Waals surface area contributed by atoms with Gasteiger partial charge >= 0.3 is 11.9 Å². The van der Waals surface area contributed by atoms with E-state index in [1.807, 2.05) is 6.07 Å². The van der Waals surface area contributed by atoms with Gasteiger partial charge in [-0.15, -0.1) is 0 Å². The zero-order valence-electron chi connectivity index (χ0n) is 9.78. The molecule has 0 saturated carbocycles. The Hall–Kier alpha value is -1.92. The van der Waals surface area contributed by atoms with Crippen LogP contribution >= 0.6 is 0 Å². The highest BCUT2D eigenvalue weighted by atomic mass is 16.6. The van der Waals surface area contributed by atoms with Crippen molar-refractivity contribution in [1.82, 2.24) is 0 Å². The van der Waals surface area contributed by atoms with Crippen LogP contribution in [0.1, 0.15) is 5.56 Å². The van der Waals surface area contributed by atoms with Gasteiger partial charge in [-0.2, -0.15) is 0 Å². The number of rotatable bonds is 6. The lowest BCUT2D eigenvalue weighted by Gasteiger charge is -2.17. The fourth-order valence-corrected chi connectivity index (χ4v) is 1.30. The Morgan fingerprint density at radius 3 is 2.39 bits per heavy atom. The molecule has 0 spiro atoms. The molecule has 2 N–H and O–H groups in total. The highest BCUT2D eigenvalue weighted by molar-refractivity contribution is 5.84. The van der Waals surface area contributed by atoms with Crippen molar-refractivity contribution in [3.05, 3.63) is 35.9 Å². The van der Waals surface area contributed by atoms with Crippen molar-refractivity contribution in [2.75, 3.05) is 7.11 Å². The maximum absolute atomic E-state index is 11.1. The van der Waals surface area contributed by atoms with E-state index in [0.717, 1.165) is 12.7 Å². The summed E-state index contributed by atoms with van der Waals surface area (Å²) in [5.41, 5.74) is 0.737. The molecule has 0 aliphatic heterocycles. The summed E-state index contributed by atoms with van der Waals surface area (Å²) < 4.78 is 9.29. The maximum atomic E-state index is 11.1. The molecule has 0 aliphatic rings. The number of hydrogen-bond donors (Lipinski definition) is 2. The molecule has 1 aromatic carbocycles. The van der Waals surface area contributed by atoms with Crippen LogP contribution in [0.25, 0.3) is 0 Å². The molecule has 6 heteroatoms. The van der Waals surface area contributed by atoms with Crippen LogP contribution in [0, 0.1) is 0 Å². The van der Waals surface area contributed by atoms with Gasteiger partial charge in [0.2, 0.25) is 0 Å². The van der Waals surface area contributed by atoms with Gasteiger partial charge in [0.15, 0.2) is 12.2 Å². The number of carbonyl (C=O) groups is 2. The monoisotopic (exact) mass is 254 g/mol. The molecule has 2 atom stereocenters. The summed E-state index contributed by atoms with van der Waals surface area (Å²) in [5.74, 6) is -2.47. The summed E-state index contributed by atoms with van der Waals surface area (Å²) >= 11 is 0. The highest BCUT2D eigenvalue weighted by Gasteiger charge is 2.33. The first-order valence-electron chi connectivity index (χ1n) is 5.20. The third-order valence-corrected chi connectivity index (χ3v) is 2.25. The number of methoxy groups -OCH3 is 1. The average molecular weight is 254 g/mol. The van der Waals surface area contributed by atoms with Crippen LogP contribution in [0.3, 0.4) is 0 Å². The van der Waals surface area contributed by atoms with Crippen LogP contribution in [-0.4, -0.2) is 41.5 Å². The molecule has 18 heavy (non-hydrogen) atoms. The first-order chi connectivity index (χ1) is 8.56. The molecule has 6 nitrogen and oxygen atoms in total. The number of aliphatic carboxylic acids is 1. The van der Waals surface area contributed by atoms with Gasteiger partial charge < -0.3 is 19.7 Å². The lowest BCUT2D eigenvalue weighted by atomic mass is 10.2. The van der Waals surface area contributed by atoms with Crippen LogP contribution in [0.15, 0.2) is 30.3 Å². The van der Waals surface area contributed by atoms with Crippen molar-refractivity contribution >= 4 is 11.9 Å². The van der Waals surface area contributed by atoms with E-state index in [1.54, 1.807) is 24.3 Å². The molecule has 0 heterocycles. The van der Waals surface area contributed by atoms with Crippen LogP contribution in [0.5, 0.6) is 0 Å². The molecular weight excluding hydrogens is 240 g/mol. The zero-order valence-corrected chi connectivity index (χ0v) is 9.78. The van der Waals surface area contributed by atoms with E-state index in [0.29, 0.717) is 0 Å². The minimum atomic E-state index is -1.85. The Bertz CT molecular complexity index is 402. The first-order valence-corrected chi connectivity index (χ1v) is 5.20. The van der Waals surface area contributed by atoms with Crippen LogP contribution < -0.4 is 0 Å². The predicted molar refractivity (Wildman–Crippen MR) is 60.7 cm³/mol. The highest BCUT2D eigenvalue weighted by Crippen LogP contribution is 2.08. The van der Waals surface area contributed by atoms with E-state index < -0.39 is 24.1 Å². The molecular formula is C12H14O6. The Labute approximate surface area is 104 Å². The Morgan fingerprint density at radius 2 is 1.89 bits per heavy atom. The fraction of sp³-hybridized carbons (Fsp3) is 0.333. The summed E-state index contributed by atoms with van der Waals surface area (Å²) in [7, 11) is 1.06. The van der Waals surface area contributed by atoms with Gasteiger partial charge in [0, 0.05) is 0 Å². The molecule has 1 rings (SSSR count). The number of benzene rings is 1. The van der Waals surface area contributed by atoms with E-state index >= 15 is 0 Å². The molecule has 0 amide bonds. The van der Waals surface area contributed by atoms with Gasteiger partial charge in [0.1, 0.15) is 0 Å². The summed E-state index contributed by atoms with van der Waals surface area (Å²) in [4.78, 5) is 21.9. The topological polar surface area (TPSA) is 93.1 Å². The minimum Gasteiger partial charge on any atom is -0.479 e. The van der Waals surface area contributed by atoms with Crippen molar-refractivity contribution in [3.8, 4) is 0 Å². The number of carbonyl (C=O) groups excluding carboxylic acids is 1. The number of esters is 1. The predicted octanol–water partition coefficient (Wildman–Crippen LogP) is 0.190. The van der Waals surface area contributed by atoms with Gasteiger partial charge in [0.05, 0.1) is 13.7 Å². The van der Waals surface area contributed by atoms with E-state index in [1.165, 1.54) is 0 Å². The second kappa shape index (κ2) is 6.73. The average Bonchev–Trinajstić information content (AvgIpc) is 2.38. The van der Waals surface area contributed by atoms with E-state index in [-0.39, 0.29) is 6.61 Å². The van der Waals surface area contributed by atoms with E-state index in [2.05, 4.69) is 4.74 Å². The standard InChI is InChI=1S/C12H14O6/c1-17-12(16)9(13)10(11(14)15)18-7-8-5-3-2-4-6-8/h2-6,9-10,13H,7H2,1H3,(H,14,15)/t9-,10-/m1/s1. The Balaban J connectivity index is 2.64. The van der Waals surface area contributed by atoms with E-state index in [4.69, 9.17) is 9.84 Å². The Morgan fingerprint density at radius 1 is 1.28 bits per heavy atom. The van der Waals surface area contributed by atoms with Crippen LogP contribution in [0.4, 0.5) is 0 Å². The number of carboxylic acid groups (broad SMARTS) is 1. The van der Waals surface area contributed by atoms with Crippen molar-refractivity contribution in [2.24, 2.45) is 0 Å². The number of aliphatic hydroxyl groups is 1. The summed E-state index contributed by atoms with van der Waals surface area (Å²) in [6, 6.07) is 8.82. The van der Waals surface area contributed by atoms with Gasteiger partial charge in [-0.3, -0.25) is 0 Å². The molecule has 0 unspecified atom stereocenters.